The summed E-state index contributed by atoms with van der Waals surface area (Å²) >= 11 is 15.3. The number of carbonyl (C=O) groups is 4. The second-order valence-corrected chi connectivity index (χ2v) is 14.5. The standard InChI is InChI=1S/C37H35Cl2N3O5S2/c1-3-30(35(45)42-36-32(37(46)47-2)27-15-8-5-9-16-31(27)49-36)48-26-14-10-13-25(21-26)40-34(44)29(19-23-17-18-24(38)20-28(23)39)41-33(43)22-11-6-4-7-12-22/h4,6-7,10-14,17-21,30H,3,5,8-9,15-16H2,1-2H3,(H,40,44)(H,41,43)(H,42,45)/b29-19+. The number of halogens is 2. The fourth-order valence-electron chi connectivity index (χ4n) is 5.39. The molecule has 0 spiro atoms. The van der Waals surface area contributed by atoms with E-state index in [0.29, 0.717) is 43.8 Å². The molecule has 1 atom stereocenters. The monoisotopic (exact) mass is 735 g/mol. The molecule has 3 N–H and O–H groups in total. The number of nitrogens with one attached hydrogen (secondary N) is 3. The zero-order valence-corrected chi connectivity index (χ0v) is 30.1. The second-order valence-electron chi connectivity index (χ2n) is 11.3. The van der Waals surface area contributed by atoms with Gasteiger partial charge in [0, 0.05) is 31.1 Å². The smallest absolute Gasteiger partial charge is 0.341 e. The Balaban J connectivity index is 1.33. The van der Waals surface area contributed by atoms with E-state index in [4.69, 9.17) is 27.9 Å². The summed E-state index contributed by atoms with van der Waals surface area (Å²) in [5.41, 5.74) is 2.75. The molecule has 3 aromatic carbocycles. The highest BCUT2D eigenvalue weighted by Crippen LogP contribution is 2.39. The third kappa shape index (κ3) is 9.33. The van der Waals surface area contributed by atoms with Crippen molar-refractivity contribution in [3.8, 4) is 0 Å². The number of hydrogen-bond donors (Lipinski definition) is 3. The summed E-state index contributed by atoms with van der Waals surface area (Å²) < 4.78 is 5.09. The molecule has 1 aliphatic rings. The first kappa shape index (κ1) is 36.2. The number of aryl methyl sites for hydroxylation is 1. The molecule has 1 heterocycles. The van der Waals surface area contributed by atoms with Crippen molar-refractivity contribution in [1.29, 1.82) is 0 Å². The Labute approximate surface area is 303 Å². The van der Waals surface area contributed by atoms with Crippen LogP contribution < -0.4 is 16.0 Å². The third-order valence-corrected chi connectivity index (χ3v) is 11.0. The van der Waals surface area contributed by atoms with E-state index >= 15 is 0 Å². The summed E-state index contributed by atoms with van der Waals surface area (Å²) in [6.45, 7) is 1.92. The molecule has 5 rings (SSSR count). The molecule has 0 aliphatic heterocycles. The van der Waals surface area contributed by atoms with Crippen molar-refractivity contribution in [2.24, 2.45) is 0 Å². The summed E-state index contributed by atoms with van der Waals surface area (Å²) in [6, 6.07) is 20.5. The van der Waals surface area contributed by atoms with Gasteiger partial charge in [0.05, 0.1) is 17.9 Å². The average molecular weight is 737 g/mol. The van der Waals surface area contributed by atoms with E-state index in [0.717, 1.165) is 47.4 Å². The molecule has 3 amide bonds. The van der Waals surface area contributed by atoms with E-state index in [9.17, 15) is 19.2 Å². The predicted octanol–water partition coefficient (Wildman–Crippen LogP) is 9.03. The Morgan fingerprint density at radius 3 is 2.45 bits per heavy atom. The summed E-state index contributed by atoms with van der Waals surface area (Å²) in [4.78, 5) is 54.9. The molecule has 0 saturated heterocycles. The van der Waals surface area contributed by atoms with Crippen LogP contribution in [0.5, 0.6) is 0 Å². The molecular weight excluding hydrogens is 701 g/mol. The van der Waals surface area contributed by atoms with Gasteiger partial charge in [0.1, 0.15) is 10.7 Å². The number of fused-ring (bicyclic) bond motifs is 1. The molecule has 254 valence electrons. The summed E-state index contributed by atoms with van der Waals surface area (Å²) in [5.74, 6) is -1.71. The van der Waals surface area contributed by atoms with Gasteiger partial charge in [-0.3, -0.25) is 14.4 Å². The Hall–Kier alpha value is -4.09. The maximum atomic E-state index is 13.6. The third-order valence-electron chi connectivity index (χ3n) is 7.87. The van der Waals surface area contributed by atoms with Crippen molar-refractivity contribution in [3.63, 3.8) is 0 Å². The molecule has 49 heavy (non-hydrogen) atoms. The molecule has 0 radical (unpaired) electrons. The lowest BCUT2D eigenvalue weighted by Gasteiger charge is -2.16. The van der Waals surface area contributed by atoms with Crippen LogP contribution in [0.3, 0.4) is 0 Å². The molecule has 8 nitrogen and oxygen atoms in total. The number of benzene rings is 3. The quantitative estimate of drug-likeness (QED) is 0.0613. The predicted molar refractivity (Wildman–Crippen MR) is 199 cm³/mol. The van der Waals surface area contributed by atoms with Crippen LogP contribution >= 0.6 is 46.3 Å². The number of esters is 1. The largest absolute Gasteiger partial charge is 0.465 e. The SMILES string of the molecule is CCC(Sc1cccc(NC(=O)/C(=C\c2ccc(Cl)cc2Cl)NC(=O)c2ccccc2)c1)C(=O)Nc1sc2c(c1C(=O)OC)CCCCC2. The highest BCUT2D eigenvalue weighted by atomic mass is 35.5. The van der Waals surface area contributed by atoms with Crippen LogP contribution in [-0.2, 0) is 27.2 Å². The van der Waals surface area contributed by atoms with Crippen molar-refractivity contribution in [2.75, 3.05) is 17.7 Å². The molecule has 12 heteroatoms. The van der Waals surface area contributed by atoms with Crippen LogP contribution in [0, 0.1) is 0 Å². The number of carbonyl (C=O) groups excluding carboxylic acids is 4. The number of hydrogen-bond acceptors (Lipinski definition) is 7. The first-order chi connectivity index (χ1) is 23.7. The van der Waals surface area contributed by atoms with Gasteiger partial charge in [0.15, 0.2) is 0 Å². The number of thiophene rings is 1. The zero-order valence-electron chi connectivity index (χ0n) is 26.9. The highest BCUT2D eigenvalue weighted by molar-refractivity contribution is 8.00. The number of ether oxygens (including phenoxy) is 1. The van der Waals surface area contributed by atoms with E-state index in [1.807, 2.05) is 13.0 Å². The summed E-state index contributed by atoms with van der Waals surface area (Å²) in [5, 5.41) is 9.37. The minimum atomic E-state index is -0.574. The van der Waals surface area contributed by atoms with E-state index in [1.165, 1.54) is 36.3 Å². The zero-order chi connectivity index (χ0) is 34.9. The maximum Gasteiger partial charge on any atom is 0.341 e. The van der Waals surface area contributed by atoms with Gasteiger partial charge in [-0.1, -0.05) is 66.9 Å². The normalized spacial score (nSPS) is 13.4. The lowest BCUT2D eigenvalue weighted by atomic mass is 10.1. The first-order valence-electron chi connectivity index (χ1n) is 15.8. The van der Waals surface area contributed by atoms with Crippen LogP contribution in [0.4, 0.5) is 10.7 Å². The lowest BCUT2D eigenvalue weighted by Crippen LogP contribution is -2.30. The van der Waals surface area contributed by atoms with Gasteiger partial charge in [0.2, 0.25) is 5.91 Å². The van der Waals surface area contributed by atoms with E-state index in [-0.39, 0.29) is 11.6 Å². The van der Waals surface area contributed by atoms with Gasteiger partial charge in [-0.2, -0.15) is 0 Å². The first-order valence-corrected chi connectivity index (χ1v) is 18.3. The highest BCUT2D eigenvalue weighted by Gasteiger charge is 2.28. The van der Waals surface area contributed by atoms with Crippen LogP contribution in [0.15, 0.2) is 83.4 Å². The van der Waals surface area contributed by atoms with Gasteiger partial charge in [-0.25, -0.2) is 4.79 Å². The Morgan fingerprint density at radius 2 is 1.71 bits per heavy atom. The van der Waals surface area contributed by atoms with Crippen LogP contribution in [-0.4, -0.2) is 36.1 Å². The number of thioether (sulfide) groups is 1. The van der Waals surface area contributed by atoms with E-state index in [1.54, 1.807) is 66.7 Å². The minimum absolute atomic E-state index is 0.0299. The van der Waals surface area contributed by atoms with Gasteiger partial charge >= 0.3 is 5.97 Å². The number of anilines is 2. The molecule has 0 bridgehead atoms. The Kier molecular flexibility index (Phi) is 12.6. The number of rotatable bonds is 11. The van der Waals surface area contributed by atoms with Crippen molar-refractivity contribution in [1.82, 2.24) is 5.32 Å². The molecule has 4 aromatic rings. The van der Waals surface area contributed by atoms with Crippen molar-refractivity contribution in [2.45, 2.75) is 55.6 Å². The maximum absolute atomic E-state index is 13.6. The van der Waals surface area contributed by atoms with Crippen LogP contribution in [0.25, 0.3) is 6.08 Å². The van der Waals surface area contributed by atoms with Gasteiger partial charge < -0.3 is 20.7 Å². The van der Waals surface area contributed by atoms with Crippen LogP contribution in [0.1, 0.15) is 69.3 Å². The molecule has 1 unspecified atom stereocenters. The Bertz CT molecular complexity index is 1890. The molecule has 1 aliphatic carbocycles. The van der Waals surface area contributed by atoms with Crippen molar-refractivity contribution >= 4 is 86.8 Å². The molecular formula is C37H35Cl2N3O5S2. The topological polar surface area (TPSA) is 114 Å². The fraction of sp³-hybridized carbons (Fsp3) is 0.243. The van der Waals surface area contributed by atoms with Gasteiger partial charge in [0.25, 0.3) is 11.8 Å². The van der Waals surface area contributed by atoms with E-state index in [2.05, 4.69) is 16.0 Å². The lowest BCUT2D eigenvalue weighted by molar-refractivity contribution is -0.116. The summed E-state index contributed by atoms with van der Waals surface area (Å²) in [6.07, 6.45) is 6.82. The van der Waals surface area contributed by atoms with Crippen LogP contribution in [0.2, 0.25) is 10.0 Å². The summed E-state index contributed by atoms with van der Waals surface area (Å²) in [7, 11) is 1.36. The second kappa shape index (κ2) is 17.0. The van der Waals surface area contributed by atoms with Crippen molar-refractivity contribution in [3.05, 3.63) is 116 Å². The molecule has 0 saturated carbocycles. The van der Waals surface area contributed by atoms with E-state index < -0.39 is 23.0 Å². The molecule has 1 aromatic heterocycles. The van der Waals surface area contributed by atoms with Gasteiger partial charge in [-0.15, -0.1) is 23.1 Å². The number of amides is 3. The fourth-order valence-corrected chi connectivity index (χ4v) is 8.15. The van der Waals surface area contributed by atoms with Gasteiger partial charge in [-0.05, 0) is 91.8 Å². The Morgan fingerprint density at radius 1 is 0.939 bits per heavy atom. The number of methoxy groups -OCH3 is 1. The molecule has 0 fully saturated rings. The average Bonchev–Trinajstić information content (AvgIpc) is 3.27. The minimum Gasteiger partial charge on any atom is -0.465 e. The van der Waals surface area contributed by atoms with Crippen molar-refractivity contribution < 1.29 is 23.9 Å².